The lowest BCUT2D eigenvalue weighted by atomic mass is 10.2. The third-order valence-corrected chi connectivity index (χ3v) is 4.39. The van der Waals surface area contributed by atoms with Gasteiger partial charge in [0.05, 0.1) is 6.61 Å². The molecule has 0 radical (unpaired) electrons. The van der Waals surface area contributed by atoms with Crippen LogP contribution in [0.4, 0.5) is 10.1 Å². The van der Waals surface area contributed by atoms with Crippen LogP contribution in [-0.2, 0) is 4.74 Å². The number of halogens is 2. The van der Waals surface area contributed by atoms with Crippen molar-refractivity contribution in [2.24, 2.45) is 0 Å². The molecule has 1 atom stereocenters. The molecule has 0 N–H and O–H groups in total. The molecule has 0 bridgehead atoms. The minimum Gasteiger partial charge on any atom is -0.352 e. The largest absolute Gasteiger partial charge is 0.352 e. The third kappa shape index (κ3) is 2.90. The summed E-state index contributed by atoms with van der Waals surface area (Å²) in [6.07, 6.45) is 3.86. The molecular formula is C19H16ClFN2O. The first-order valence-electron chi connectivity index (χ1n) is 7.78. The van der Waals surface area contributed by atoms with Gasteiger partial charge in [-0.15, -0.1) is 0 Å². The van der Waals surface area contributed by atoms with E-state index in [0.29, 0.717) is 11.6 Å². The normalized spacial score (nSPS) is 17.4. The van der Waals surface area contributed by atoms with E-state index >= 15 is 0 Å². The lowest BCUT2D eigenvalue weighted by molar-refractivity contribution is 0.114. The minimum atomic E-state index is -0.234. The van der Waals surface area contributed by atoms with Crippen LogP contribution in [0.25, 0.3) is 5.69 Å². The maximum absolute atomic E-state index is 13.2. The zero-order valence-corrected chi connectivity index (χ0v) is 13.7. The van der Waals surface area contributed by atoms with Crippen molar-refractivity contribution in [3.05, 3.63) is 83.4 Å². The second-order valence-electron chi connectivity index (χ2n) is 5.72. The van der Waals surface area contributed by atoms with Gasteiger partial charge in [-0.3, -0.25) is 0 Å². The summed E-state index contributed by atoms with van der Waals surface area (Å²) < 4.78 is 21.1. The van der Waals surface area contributed by atoms with Crippen LogP contribution in [0.5, 0.6) is 0 Å². The van der Waals surface area contributed by atoms with Gasteiger partial charge in [0.2, 0.25) is 0 Å². The molecule has 1 aliphatic heterocycles. The molecule has 0 spiro atoms. The monoisotopic (exact) mass is 342 g/mol. The van der Waals surface area contributed by atoms with Gasteiger partial charge < -0.3 is 14.2 Å². The quantitative estimate of drug-likeness (QED) is 0.680. The van der Waals surface area contributed by atoms with Crippen LogP contribution in [0.3, 0.4) is 0 Å². The highest BCUT2D eigenvalue weighted by Gasteiger charge is 2.27. The van der Waals surface area contributed by atoms with E-state index in [4.69, 9.17) is 16.3 Å². The predicted octanol–water partition coefficient (Wildman–Crippen LogP) is 4.81. The molecule has 1 aromatic heterocycles. The fraction of sp³-hybridized carbons (Fsp3) is 0.158. The average Bonchev–Trinajstić information content (AvgIpc) is 3.24. The summed E-state index contributed by atoms with van der Waals surface area (Å²) >= 11 is 6.07. The molecule has 122 valence electrons. The van der Waals surface area contributed by atoms with Gasteiger partial charge in [-0.25, -0.2) is 4.39 Å². The van der Waals surface area contributed by atoms with E-state index in [0.717, 1.165) is 23.5 Å². The molecule has 2 heterocycles. The number of benzene rings is 2. The van der Waals surface area contributed by atoms with Crippen LogP contribution >= 0.6 is 11.6 Å². The van der Waals surface area contributed by atoms with Gasteiger partial charge >= 0.3 is 0 Å². The molecule has 0 aliphatic carbocycles. The highest BCUT2D eigenvalue weighted by atomic mass is 35.5. The van der Waals surface area contributed by atoms with Gasteiger partial charge in [0, 0.05) is 40.9 Å². The smallest absolute Gasteiger partial charge is 0.158 e. The number of hydrogen-bond donors (Lipinski definition) is 0. The van der Waals surface area contributed by atoms with Crippen molar-refractivity contribution in [1.29, 1.82) is 0 Å². The number of aromatic nitrogens is 1. The predicted molar refractivity (Wildman–Crippen MR) is 93.2 cm³/mol. The lowest BCUT2D eigenvalue weighted by Gasteiger charge is -2.24. The van der Waals surface area contributed by atoms with E-state index in [2.05, 4.69) is 4.90 Å². The highest BCUT2D eigenvalue weighted by molar-refractivity contribution is 6.30. The Balaban J connectivity index is 1.62. The molecule has 3 aromatic rings. The fourth-order valence-electron chi connectivity index (χ4n) is 3.00. The zero-order chi connectivity index (χ0) is 16.5. The van der Waals surface area contributed by atoms with Crippen LogP contribution in [0.1, 0.15) is 11.8 Å². The van der Waals surface area contributed by atoms with E-state index in [1.54, 1.807) is 12.1 Å². The summed E-state index contributed by atoms with van der Waals surface area (Å²) in [7, 11) is 0. The summed E-state index contributed by atoms with van der Waals surface area (Å²) in [6, 6.07) is 16.2. The van der Waals surface area contributed by atoms with Crippen molar-refractivity contribution >= 4 is 17.3 Å². The number of anilines is 1. The molecule has 0 saturated carbocycles. The van der Waals surface area contributed by atoms with Crippen molar-refractivity contribution in [2.75, 3.05) is 18.1 Å². The standard InChI is InChI=1S/C19H16ClFN2O/c20-15-2-1-3-18(12-15)22-9-8-14(13-22)19-23(10-11-24-19)17-6-4-16(21)5-7-17/h1-9,12-13,19H,10-11H2/t19-/m1/s1. The average molecular weight is 343 g/mol. The number of hydrogen-bond acceptors (Lipinski definition) is 2. The van der Waals surface area contributed by atoms with Crippen molar-refractivity contribution in [3.8, 4) is 5.69 Å². The Morgan fingerprint density at radius 1 is 1.04 bits per heavy atom. The molecule has 2 aromatic carbocycles. The van der Waals surface area contributed by atoms with Crippen LogP contribution in [-0.4, -0.2) is 17.7 Å². The second-order valence-corrected chi connectivity index (χ2v) is 6.16. The summed E-state index contributed by atoms with van der Waals surface area (Å²) in [6.45, 7) is 1.42. The topological polar surface area (TPSA) is 17.4 Å². The molecule has 24 heavy (non-hydrogen) atoms. The Bertz CT molecular complexity index is 847. The first kappa shape index (κ1) is 15.2. The summed E-state index contributed by atoms with van der Waals surface area (Å²) in [5.74, 6) is -0.234. The van der Waals surface area contributed by atoms with E-state index in [1.165, 1.54) is 12.1 Å². The molecule has 1 fully saturated rings. The van der Waals surface area contributed by atoms with Gasteiger partial charge in [0.25, 0.3) is 0 Å². The first-order valence-corrected chi connectivity index (χ1v) is 8.16. The van der Waals surface area contributed by atoms with Crippen molar-refractivity contribution in [1.82, 2.24) is 4.57 Å². The van der Waals surface area contributed by atoms with Gasteiger partial charge in [0.15, 0.2) is 6.23 Å². The van der Waals surface area contributed by atoms with Crippen LogP contribution < -0.4 is 4.90 Å². The Hall–Kier alpha value is -2.30. The summed E-state index contributed by atoms with van der Waals surface area (Å²) in [5.41, 5.74) is 3.01. The Morgan fingerprint density at radius 3 is 2.67 bits per heavy atom. The van der Waals surface area contributed by atoms with E-state index in [1.807, 2.05) is 47.3 Å². The van der Waals surface area contributed by atoms with Crippen molar-refractivity contribution < 1.29 is 9.13 Å². The first-order chi connectivity index (χ1) is 11.7. The maximum Gasteiger partial charge on any atom is 0.158 e. The van der Waals surface area contributed by atoms with Gasteiger partial charge in [0.1, 0.15) is 5.82 Å². The third-order valence-electron chi connectivity index (χ3n) is 4.16. The van der Waals surface area contributed by atoms with Crippen molar-refractivity contribution in [2.45, 2.75) is 6.23 Å². The van der Waals surface area contributed by atoms with Gasteiger partial charge in [-0.05, 0) is 48.5 Å². The number of nitrogens with zero attached hydrogens (tertiary/aromatic N) is 2. The molecule has 0 unspecified atom stereocenters. The number of ether oxygens (including phenoxy) is 1. The minimum absolute atomic E-state index is 0.170. The SMILES string of the molecule is Fc1ccc(N2CCO[C@@H]2c2ccn(-c3cccc(Cl)c3)c2)cc1. The van der Waals surface area contributed by atoms with E-state index in [-0.39, 0.29) is 12.0 Å². The fourth-order valence-corrected chi connectivity index (χ4v) is 3.18. The van der Waals surface area contributed by atoms with Gasteiger partial charge in [-0.2, -0.15) is 0 Å². The summed E-state index contributed by atoms with van der Waals surface area (Å²) in [4.78, 5) is 2.14. The Labute approximate surface area is 144 Å². The highest BCUT2D eigenvalue weighted by Crippen LogP contribution is 2.32. The molecule has 0 amide bonds. The molecule has 5 heteroatoms. The van der Waals surface area contributed by atoms with E-state index in [9.17, 15) is 4.39 Å². The van der Waals surface area contributed by atoms with E-state index < -0.39 is 0 Å². The van der Waals surface area contributed by atoms with Gasteiger partial charge in [-0.1, -0.05) is 17.7 Å². The van der Waals surface area contributed by atoms with Crippen LogP contribution in [0.15, 0.2) is 67.0 Å². The summed E-state index contributed by atoms with van der Waals surface area (Å²) in [5, 5.41) is 0.702. The van der Waals surface area contributed by atoms with Crippen molar-refractivity contribution in [3.63, 3.8) is 0 Å². The molecular weight excluding hydrogens is 327 g/mol. The second kappa shape index (κ2) is 6.30. The Kier molecular flexibility index (Phi) is 4.00. The molecule has 1 saturated heterocycles. The lowest BCUT2D eigenvalue weighted by Crippen LogP contribution is -2.22. The maximum atomic E-state index is 13.2. The molecule has 3 nitrogen and oxygen atoms in total. The zero-order valence-electron chi connectivity index (χ0n) is 12.9. The molecule has 1 aliphatic rings. The molecule has 4 rings (SSSR count). The number of rotatable bonds is 3. The van der Waals surface area contributed by atoms with Crippen LogP contribution in [0, 0.1) is 5.82 Å². The van der Waals surface area contributed by atoms with Crippen LogP contribution in [0.2, 0.25) is 5.02 Å². The Morgan fingerprint density at radius 2 is 1.88 bits per heavy atom.